The zero-order chi connectivity index (χ0) is 12.7. The fourth-order valence-corrected chi connectivity index (χ4v) is 2.28. The van der Waals surface area contributed by atoms with Crippen molar-refractivity contribution in [3.05, 3.63) is 63.0 Å². The third-order valence-electron chi connectivity index (χ3n) is 2.75. The first kappa shape index (κ1) is 11.4. The normalized spacial score (nSPS) is 11.0. The summed E-state index contributed by atoms with van der Waals surface area (Å²) in [5.74, 6) is 0. The second-order valence-electron chi connectivity index (χ2n) is 3.88. The standard InChI is InChI=1S/C13H8Cl2N2O/c14-8-4-6-9(7-5-8)17-11-3-1-2-10(15)12(11)16-13(17)18/h1-7H,(H,16,18). The number of nitrogens with one attached hydrogen (secondary N) is 1. The number of H-pyrrole nitrogens is 1. The lowest BCUT2D eigenvalue weighted by Gasteiger charge is -2.03. The van der Waals surface area contributed by atoms with Crippen molar-refractivity contribution in [3.63, 3.8) is 0 Å². The van der Waals surface area contributed by atoms with Gasteiger partial charge in [-0.1, -0.05) is 29.3 Å². The number of para-hydroxylation sites is 1. The van der Waals surface area contributed by atoms with Gasteiger partial charge in [0.25, 0.3) is 0 Å². The second kappa shape index (κ2) is 4.19. The molecule has 2 aromatic carbocycles. The van der Waals surface area contributed by atoms with Crippen LogP contribution >= 0.6 is 23.2 Å². The molecule has 5 heteroatoms. The van der Waals surface area contributed by atoms with Crippen molar-refractivity contribution in [2.75, 3.05) is 0 Å². The number of benzene rings is 2. The van der Waals surface area contributed by atoms with E-state index in [2.05, 4.69) is 4.98 Å². The van der Waals surface area contributed by atoms with E-state index < -0.39 is 0 Å². The Morgan fingerprint density at radius 1 is 1.00 bits per heavy atom. The van der Waals surface area contributed by atoms with Gasteiger partial charge in [0.1, 0.15) is 0 Å². The van der Waals surface area contributed by atoms with E-state index in [0.29, 0.717) is 15.6 Å². The van der Waals surface area contributed by atoms with E-state index in [1.165, 1.54) is 0 Å². The van der Waals surface area contributed by atoms with Gasteiger partial charge in [-0.3, -0.25) is 4.57 Å². The predicted molar refractivity (Wildman–Crippen MR) is 73.9 cm³/mol. The number of fused-ring (bicyclic) bond motifs is 1. The van der Waals surface area contributed by atoms with Crippen molar-refractivity contribution in [3.8, 4) is 5.69 Å². The smallest absolute Gasteiger partial charge is 0.304 e. The summed E-state index contributed by atoms with van der Waals surface area (Å²) in [5, 5.41) is 1.15. The highest BCUT2D eigenvalue weighted by Crippen LogP contribution is 2.22. The molecule has 0 saturated heterocycles. The molecule has 0 atom stereocenters. The van der Waals surface area contributed by atoms with Crippen LogP contribution in [0.2, 0.25) is 10.0 Å². The van der Waals surface area contributed by atoms with Crippen molar-refractivity contribution in [1.29, 1.82) is 0 Å². The topological polar surface area (TPSA) is 37.8 Å². The summed E-state index contributed by atoms with van der Waals surface area (Å²) < 4.78 is 1.57. The molecule has 1 aromatic heterocycles. The number of imidazole rings is 1. The van der Waals surface area contributed by atoms with Gasteiger partial charge in [0.2, 0.25) is 0 Å². The van der Waals surface area contributed by atoms with E-state index in [1.54, 1.807) is 34.9 Å². The lowest BCUT2D eigenvalue weighted by Crippen LogP contribution is -2.14. The Hall–Kier alpha value is -1.71. The van der Waals surface area contributed by atoms with Gasteiger partial charge in [-0.05, 0) is 36.4 Å². The third kappa shape index (κ3) is 1.72. The number of aromatic nitrogens is 2. The quantitative estimate of drug-likeness (QED) is 0.725. The number of rotatable bonds is 1. The van der Waals surface area contributed by atoms with Gasteiger partial charge in [-0.2, -0.15) is 0 Å². The summed E-state index contributed by atoms with van der Waals surface area (Å²) in [6.07, 6.45) is 0. The molecule has 0 bridgehead atoms. The van der Waals surface area contributed by atoms with Crippen molar-refractivity contribution >= 4 is 34.2 Å². The monoisotopic (exact) mass is 278 g/mol. The van der Waals surface area contributed by atoms with Crippen LogP contribution in [0.4, 0.5) is 0 Å². The van der Waals surface area contributed by atoms with Crippen molar-refractivity contribution in [2.45, 2.75) is 0 Å². The molecule has 3 nitrogen and oxygen atoms in total. The summed E-state index contributed by atoms with van der Waals surface area (Å²) in [4.78, 5) is 14.7. The maximum Gasteiger partial charge on any atom is 0.331 e. The molecule has 0 aliphatic carbocycles. The molecule has 3 aromatic rings. The van der Waals surface area contributed by atoms with Gasteiger partial charge in [0, 0.05) is 5.02 Å². The predicted octanol–water partition coefficient (Wildman–Crippen LogP) is 3.63. The van der Waals surface area contributed by atoms with E-state index in [1.807, 2.05) is 12.1 Å². The summed E-state index contributed by atoms with van der Waals surface area (Å²) >= 11 is 11.9. The average Bonchev–Trinajstić information content (AvgIpc) is 2.69. The summed E-state index contributed by atoms with van der Waals surface area (Å²) in [7, 11) is 0. The minimum absolute atomic E-state index is 0.222. The summed E-state index contributed by atoms with van der Waals surface area (Å²) in [5.41, 5.74) is 1.91. The maximum absolute atomic E-state index is 12.0. The van der Waals surface area contributed by atoms with Crippen molar-refractivity contribution in [2.24, 2.45) is 0 Å². The molecule has 3 rings (SSSR count). The molecular weight excluding hydrogens is 271 g/mol. The first-order chi connectivity index (χ1) is 8.66. The molecular formula is C13H8Cl2N2O. The molecule has 1 N–H and O–H groups in total. The number of nitrogens with zero attached hydrogens (tertiary/aromatic N) is 1. The average molecular weight is 279 g/mol. The Labute approximate surface area is 113 Å². The SMILES string of the molecule is O=c1[nH]c2c(Cl)cccc2n1-c1ccc(Cl)cc1. The molecule has 0 aliphatic rings. The van der Waals surface area contributed by atoms with Crippen LogP contribution in [-0.4, -0.2) is 9.55 Å². The largest absolute Gasteiger partial charge is 0.331 e. The molecule has 0 radical (unpaired) electrons. The zero-order valence-electron chi connectivity index (χ0n) is 9.15. The third-order valence-corrected chi connectivity index (χ3v) is 3.32. The van der Waals surface area contributed by atoms with Gasteiger partial charge in [0.15, 0.2) is 0 Å². The Morgan fingerprint density at radius 3 is 2.44 bits per heavy atom. The van der Waals surface area contributed by atoms with E-state index >= 15 is 0 Å². The summed E-state index contributed by atoms with van der Waals surface area (Å²) in [6, 6.07) is 12.5. The highest BCUT2D eigenvalue weighted by Gasteiger charge is 2.10. The van der Waals surface area contributed by atoms with E-state index in [9.17, 15) is 4.79 Å². The van der Waals surface area contributed by atoms with Crippen LogP contribution in [0.25, 0.3) is 16.7 Å². The Morgan fingerprint density at radius 2 is 1.72 bits per heavy atom. The maximum atomic E-state index is 12.0. The lowest BCUT2D eigenvalue weighted by atomic mass is 10.3. The van der Waals surface area contributed by atoms with Crippen LogP contribution in [0.3, 0.4) is 0 Å². The van der Waals surface area contributed by atoms with E-state index in [4.69, 9.17) is 23.2 Å². The van der Waals surface area contributed by atoms with Gasteiger partial charge in [0.05, 0.1) is 21.7 Å². The fraction of sp³-hybridized carbons (Fsp3) is 0. The van der Waals surface area contributed by atoms with Gasteiger partial charge < -0.3 is 4.98 Å². The van der Waals surface area contributed by atoms with Crippen molar-refractivity contribution in [1.82, 2.24) is 9.55 Å². The Kier molecular flexibility index (Phi) is 2.65. The molecule has 0 unspecified atom stereocenters. The molecule has 90 valence electrons. The highest BCUT2D eigenvalue weighted by atomic mass is 35.5. The van der Waals surface area contributed by atoms with Crippen LogP contribution in [0.5, 0.6) is 0 Å². The zero-order valence-corrected chi connectivity index (χ0v) is 10.7. The van der Waals surface area contributed by atoms with Crippen LogP contribution in [0, 0.1) is 0 Å². The molecule has 0 amide bonds. The number of halogens is 2. The lowest BCUT2D eigenvalue weighted by molar-refractivity contribution is 1.02. The molecule has 0 aliphatic heterocycles. The second-order valence-corrected chi connectivity index (χ2v) is 4.72. The van der Waals surface area contributed by atoms with E-state index in [-0.39, 0.29) is 5.69 Å². The fourth-order valence-electron chi connectivity index (χ4n) is 1.94. The number of aromatic amines is 1. The Balaban J connectivity index is 2.35. The van der Waals surface area contributed by atoms with Crippen LogP contribution in [0.1, 0.15) is 0 Å². The molecule has 0 fully saturated rings. The summed E-state index contributed by atoms with van der Waals surface area (Å²) in [6.45, 7) is 0. The van der Waals surface area contributed by atoms with Crippen LogP contribution in [0.15, 0.2) is 47.3 Å². The van der Waals surface area contributed by atoms with Gasteiger partial charge in [-0.15, -0.1) is 0 Å². The molecule has 1 heterocycles. The minimum atomic E-state index is -0.222. The number of hydrogen-bond acceptors (Lipinski definition) is 1. The minimum Gasteiger partial charge on any atom is -0.304 e. The first-order valence-electron chi connectivity index (χ1n) is 5.32. The van der Waals surface area contributed by atoms with Gasteiger partial charge in [-0.25, -0.2) is 4.79 Å². The molecule has 0 spiro atoms. The van der Waals surface area contributed by atoms with Gasteiger partial charge >= 0.3 is 5.69 Å². The van der Waals surface area contributed by atoms with E-state index in [0.717, 1.165) is 11.2 Å². The molecule has 0 saturated carbocycles. The number of hydrogen-bond donors (Lipinski definition) is 1. The van der Waals surface area contributed by atoms with Crippen LogP contribution < -0.4 is 5.69 Å². The van der Waals surface area contributed by atoms with Crippen LogP contribution in [-0.2, 0) is 0 Å². The first-order valence-corrected chi connectivity index (χ1v) is 6.07. The molecule has 18 heavy (non-hydrogen) atoms. The van der Waals surface area contributed by atoms with Crippen molar-refractivity contribution < 1.29 is 0 Å². The highest BCUT2D eigenvalue weighted by molar-refractivity contribution is 6.34. The Bertz CT molecular complexity index is 772.